The van der Waals surface area contributed by atoms with Gasteiger partial charge in [-0.2, -0.15) is 0 Å². The number of carbonyl (C=O) groups is 1. The zero-order valence-electron chi connectivity index (χ0n) is 9.84. The molecule has 0 saturated carbocycles. The summed E-state index contributed by atoms with van der Waals surface area (Å²) in [6.07, 6.45) is 4.94. The molecule has 0 aliphatic carbocycles. The van der Waals surface area contributed by atoms with Crippen molar-refractivity contribution in [2.24, 2.45) is 0 Å². The topological polar surface area (TPSA) is 79.3 Å². The van der Waals surface area contributed by atoms with Crippen molar-refractivity contribution in [3.05, 3.63) is 24.0 Å². The molecule has 1 aromatic heterocycles. The fourth-order valence-electron chi connectivity index (χ4n) is 1.29. The van der Waals surface area contributed by atoms with Gasteiger partial charge in [-0.3, -0.25) is 14.0 Å². The predicted octanol–water partition coefficient (Wildman–Crippen LogP) is 0.674. The second-order valence-corrected chi connectivity index (χ2v) is 5.39. The normalized spacial score (nSPS) is 14.0. The van der Waals surface area contributed by atoms with Crippen molar-refractivity contribution in [2.75, 3.05) is 12.0 Å². The molecule has 2 atom stereocenters. The number of amides is 1. The van der Waals surface area contributed by atoms with E-state index in [1.165, 1.54) is 18.5 Å². The number of hydrogen-bond acceptors (Lipinski definition) is 4. The molecule has 0 spiro atoms. The molecule has 17 heavy (non-hydrogen) atoms. The van der Waals surface area contributed by atoms with Crippen LogP contribution >= 0.6 is 0 Å². The Balaban J connectivity index is 2.55. The number of hydrogen-bond donors (Lipinski definition) is 2. The van der Waals surface area contributed by atoms with Gasteiger partial charge in [-0.1, -0.05) is 0 Å². The lowest BCUT2D eigenvalue weighted by atomic mass is 10.2. The summed E-state index contributed by atoms with van der Waals surface area (Å²) in [6.45, 7) is 1.84. The Morgan fingerprint density at radius 1 is 1.65 bits per heavy atom. The van der Waals surface area contributed by atoms with Gasteiger partial charge in [-0.25, -0.2) is 0 Å². The number of nitrogens with one attached hydrogen (secondary N) is 1. The Kier molecular flexibility index (Phi) is 5.09. The maximum Gasteiger partial charge on any atom is 0.255 e. The molecule has 2 N–H and O–H groups in total. The Morgan fingerprint density at radius 3 is 2.94 bits per heavy atom. The molecular weight excluding hydrogens is 240 g/mol. The van der Waals surface area contributed by atoms with Gasteiger partial charge in [0, 0.05) is 35.0 Å². The lowest BCUT2D eigenvalue weighted by molar-refractivity contribution is 0.0936. The maximum atomic E-state index is 11.7. The van der Waals surface area contributed by atoms with Gasteiger partial charge < -0.3 is 10.4 Å². The molecule has 0 bridgehead atoms. The monoisotopic (exact) mass is 256 g/mol. The minimum absolute atomic E-state index is 0.0843. The molecule has 0 aromatic carbocycles. The standard InChI is InChI=1S/C11H16N2O3S/c1-8(4-6-17(2)16)13-11(15)9-3-5-12-7-10(9)14/h3,5,7-8,14H,4,6H2,1-2H3,(H,13,15). The van der Waals surface area contributed by atoms with Crippen LogP contribution < -0.4 is 5.32 Å². The van der Waals surface area contributed by atoms with E-state index in [0.29, 0.717) is 12.2 Å². The number of aromatic nitrogens is 1. The van der Waals surface area contributed by atoms with Gasteiger partial charge in [0.2, 0.25) is 0 Å². The fraction of sp³-hybridized carbons (Fsp3) is 0.455. The lowest BCUT2D eigenvalue weighted by Crippen LogP contribution is -2.33. The van der Waals surface area contributed by atoms with Crippen molar-refractivity contribution < 1.29 is 14.1 Å². The first-order valence-electron chi connectivity index (χ1n) is 5.24. The third-order valence-electron chi connectivity index (χ3n) is 2.26. The molecule has 1 aromatic rings. The summed E-state index contributed by atoms with van der Waals surface area (Å²) in [7, 11) is -0.861. The average Bonchev–Trinajstić information content (AvgIpc) is 2.26. The van der Waals surface area contributed by atoms with Crippen LogP contribution in [-0.4, -0.2) is 38.3 Å². The summed E-state index contributed by atoms with van der Waals surface area (Å²) in [5, 5.41) is 12.2. The van der Waals surface area contributed by atoms with Crippen LogP contribution in [0.5, 0.6) is 5.75 Å². The number of rotatable bonds is 5. The van der Waals surface area contributed by atoms with Gasteiger partial charge in [0.15, 0.2) is 0 Å². The largest absolute Gasteiger partial charge is 0.505 e. The van der Waals surface area contributed by atoms with Gasteiger partial charge in [0.05, 0.1) is 11.8 Å². The Morgan fingerprint density at radius 2 is 2.35 bits per heavy atom. The van der Waals surface area contributed by atoms with Gasteiger partial charge in [0.1, 0.15) is 5.75 Å². The molecule has 0 radical (unpaired) electrons. The van der Waals surface area contributed by atoms with E-state index in [0.717, 1.165) is 0 Å². The summed E-state index contributed by atoms with van der Waals surface area (Å²) < 4.78 is 10.9. The zero-order valence-corrected chi connectivity index (χ0v) is 10.7. The molecule has 1 heterocycles. The van der Waals surface area contributed by atoms with Crippen molar-refractivity contribution in [3.8, 4) is 5.75 Å². The van der Waals surface area contributed by atoms with Crippen molar-refractivity contribution in [1.82, 2.24) is 10.3 Å². The van der Waals surface area contributed by atoms with E-state index in [2.05, 4.69) is 10.3 Å². The van der Waals surface area contributed by atoms with E-state index >= 15 is 0 Å². The number of pyridine rings is 1. The van der Waals surface area contributed by atoms with Crippen molar-refractivity contribution in [1.29, 1.82) is 0 Å². The van der Waals surface area contributed by atoms with Crippen molar-refractivity contribution in [2.45, 2.75) is 19.4 Å². The van der Waals surface area contributed by atoms with E-state index in [-0.39, 0.29) is 23.3 Å². The minimum Gasteiger partial charge on any atom is -0.505 e. The molecule has 5 nitrogen and oxygen atoms in total. The van der Waals surface area contributed by atoms with Gasteiger partial charge >= 0.3 is 0 Å². The van der Waals surface area contributed by atoms with Crippen LogP contribution in [0.3, 0.4) is 0 Å². The maximum absolute atomic E-state index is 11.7. The van der Waals surface area contributed by atoms with Crippen LogP contribution in [0.15, 0.2) is 18.5 Å². The van der Waals surface area contributed by atoms with Crippen LogP contribution in [0.2, 0.25) is 0 Å². The lowest BCUT2D eigenvalue weighted by Gasteiger charge is -2.13. The second-order valence-electron chi connectivity index (χ2n) is 3.83. The van der Waals surface area contributed by atoms with Crippen LogP contribution in [-0.2, 0) is 10.8 Å². The van der Waals surface area contributed by atoms with Crippen LogP contribution in [0, 0.1) is 0 Å². The summed E-state index contributed by atoms with van der Waals surface area (Å²) in [4.78, 5) is 15.4. The number of aromatic hydroxyl groups is 1. The summed E-state index contributed by atoms with van der Waals surface area (Å²) in [5.74, 6) is 0.0552. The van der Waals surface area contributed by atoms with Gasteiger partial charge in [-0.15, -0.1) is 0 Å². The molecule has 0 saturated heterocycles. The van der Waals surface area contributed by atoms with E-state index in [4.69, 9.17) is 0 Å². The van der Waals surface area contributed by atoms with Crippen LogP contribution in [0.4, 0.5) is 0 Å². The number of carbonyl (C=O) groups excluding carboxylic acids is 1. The van der Waals surface area contributed by atoms with E-state index < -0.39 is 10.8 Å². The van der Waals surface area contributed by atoms with Gasteiger partial charge in [-0.05, 0) is 19.4 Å². The summed E-state index contributed by atoms with van der Waals surface area (Å²) >= 11 is 0. The SMILES string of the molecule is CC(CCS(C)=O)NC(=O)c1ccncc1O. The Bertz CT molecular complexity index is 423. The number of nitrogens with zero attached hydrogens (tertiary/aromatic N) is 1. The van der Waals surface area contributed by atoms with Crippen LogP contribution in [0.1, 0.15) is 23.7 Å². The highest BCUT2D eigenvalue weighted by Gasteiger charge is 2.13. The quantitative estimate of drug-likeness (QED) is 0.811. The fourth-order valence-corrected chi connectivity index (χ4v) is 1.98. The molecule has 94 valence electrons. The first-order chi connectivity index (χ1) is 8.00. The minimum atomic E-state index is -0.861. The summed E-state index contributed by atoms with van der Waals surface area (Å²) in [5.41, 5.74) is 0.199. The van der Waals surface area contributed by atoms with Crippen molar-refractivity contribution in [3.63, 3.8) is 0 Å². The molecule has 0 aliphatic rings. The molecule has 1 amide bonds. The third kappa shape index (κ3) is 4.52. The van der Waals surface area contributed by atoms with E-state index in [9.17, 15) is 14.1 Å². The van der Waals surface area contributed by atoms with Crippen LogP contribution in [0.25, 0.3) is 0 Å². The van der Waals surface area contributed by atoms with E-state index in [1.807, 2.05) is 6.92 Å². The molecule has 0 fully saturated rings. The average molecular weight is 256 g/mol. The third-order valence-corrected chi connectivity index (χ3v) is 3.07. The smallest absolute Gasteiger partial charge is 0.255 e. The first-order valence-corrected chi connectivity index (χ1v) is 6.97. The second kappa shape index (κ2) is 6.34. The predicted molar refractivity (Wildman–Crippen MR) is 66.4 cm³/mol. The highest BCUT2D eigenvalue weighted by molar-refractivity contribution is 7.84. The zero-order chi connectivity index (χ0) is 12.8. The van der Waals surface area contributed by atoms with Crippen molar-refractivity contribution >= 4 is 16.7 Å². The molecule has 2 unspecified atom stereocenters. The van der Waals surface area contributed by atoms with Gasteiger partial charge in [0.25, 0.3) is 5.91 Å². The molecule has 6 heteroatoms. The highest BCUT2D eigenvalue weighted by Crippen LogP contribution is 2.13. The molecule has 1 rings (SSSR count). The Hall–Kier alpha value is -1.43. The first kappa shape index (κ1) is 13.6. The highest BCUT2D eigenvalue weighted by atomic mass is 32.2. The molecule has 0 aliphatic heterocycles. The summed E-state index contributed by atoms with van der Waals surface area (Å²) in [6, 6.07) is 1.37. The van der Waals surface area contributed by atoms with E-state index in [1.54, 1.807) is 6.26 Å². The molecular formula is C11H16N2O3S. The Labute approximate surface area is 103 Å².